The first-order valence-electron chi connectivity index (χ1n) is 27.2. The van der Waals surface area contributed by atoms with Crippen LogP contribution < -0.4 is 15.7 Å². The van der Waals surface area contributed by atoms with Crippen LogP contribution in [0.1, 0.15) is 104 Å². The van der Waals surface area contributed by atoms with Crippen LogP contribution in [0.2, 0.25) is 0 Å². The maximum absolute atomic E-state index is 7.39. The first kappa shape index (κ1) is 45.3. The van der Waals surface area contributed by atoms with Gasteiger partial charge in [0.15, 0.2) is 0 Å². The van der Waals surface area contributed by atoms with Crippen molar-refractivity contribution in [1.29, 1.82) is 0 Å². The van der Waals surface area contributed by atoms with Crippen molar-refractivity contribution in [3.8, 4) is 45.0 Å². The van der Waals surface area contributed by atoms with Gasteiger partial charge in [0.2, 0.25) is 0 Å². The molecule has 0 atom stereocenters. The molecule has 5 heterocycles. The average molecular weight is 985 g/mol. The van der Waals surface area contributed by atoms with Crippen LogP contribution in [0.15, 0.2) is 174 Å². The Hall–Kier alpha value is -8.09. The lowest BCUT2D eigenvalue weighted by atomic mass is 9.43. The molecule has 0 unspecified atom stereocenters. The van der Waals surface area contributed by atoms with Gasteiger partial charge in [-0.3, -0.25) is 4.57 Å². The third kappa shape index (κ3) is 6.13. The summed E-state index contributed by atoms with van der Waals surface area (Å²) in [5, 5.41) is 4.69. The lowest BCUT2D eigenvalue weighted by Gasteiger charge is -2.43. The Morgan fingerprint density at radius 1 is 0.500 bits per heavy atom. The highest BCUT2D eigenvalue weighted by atomic mass is 16.3. The molecular weight excluding hydrogens is 924 g/mol. The zero-order valence-electron chi connectivity index (χ0n) is 45.4. The summed E-state index contributed by atoms with van der Waals surface area (Å²) in [5.41, 5.74) is 25.9. The molecule has 0 amide bonds. The van der Waals surface area contributed by atoms with Crippen LogP contribution in [0, 0.1) is 0 Å². The van der Waals surface area contributed by atoms with Gasteiger partial charge in [0, 0.05) is 55.5 Å². The third-order valence-electron chi connectivity index (χ3n) is 17.5. The van der Waals surface area contributed by atoms with E-state index in [2.05, 4.69) is 260 Å². The topological polar surface area (TPSA) is 39.1 Å². The molecule has 9 aromatic carbocycles. The maximum atomic E-state index is 7.39. The molecule has 15 rings (SSSR count). The van der Waals surface area contributed by atoms with Crippen molar-refractivity contribution in [2.24, 2.45) is 0 Å². The molecule has 0 saturated carbocycles. The molecule has 0 spiro atoms. The Kier molecular flexibility index (Phi) is 8.98. The minimum Gasteiger partial charge on any atom is -0.455 e. The zero-order chi connectivity index (χ0) is 52.1. The Balaban J connectivity index is 1.15. The maximum Gasteiger partial charge on any atom is 0.333 e. The highest BCUT2D eigenvalue weighted by molar-refractivity contribution is 6.94. The van der Waals surface area contributed by atoms with E-state index in [-0.39, 0.29) is 28.5 Å². The average Bonchev–Trinajstić information content (AvgIpc) is 4.24. The van der Waals surface area contributed by atoms with E-state index in [0.29, 0.717) is 0 Å². The van der Waals surface area contributed by atoms with E-state index in [1.807, 2.05) is 0 Å². The van der Waals surface area contributed by atoms with E-state index in [9.17, 15) is 0 Å². The summed E-state index contributed by atoms with van der Waals surface area (Å²) >= 11 is 0. The van der Waals surface area contributed by atoms with Gasteiger partial charge < -0.3 is 13.8 Å². The van der Waals surface area contributed by atoms with Crippen molar-refractivity contribution in [1.82, 2.24) is 14.1 Å². The van der Waals surface area contributed by atoms with E-state index in [1.54, 1.807) is 0 Å². The first-order valence-corrected chi connectivity index (χ1v) is 27.2. The Morgan fingerprint density at radius 2 is 1.14 bits per heavy atom. The van der Waals surface area contributed by atoms with Gasteiger partial charge in [-0.15, -0.1) is 0 Å². The van der Waals surface area contributed by atoms with E-state index < -0.39 is 0 Å². The van der Waals surface area contributed by atoms with Crippen molar-refractivity contribution in [2.75, 3.05) is 4.81 Å². The summed E-state index contributed by atoms with van der Waals surface area (Å²) in [6, 6.07) is 64.2. The Labute approximate surface area is 445 Å². The number of fused-ring (bicyclic) bond motifs is 17. The monoisotopic (exact) mass is 984 g/mol. The van der Waals surface area contributed by atoms with E-state index >= 15 is 0 Å². The van der Waals surface area contributed by atoms with E-state index in [4.69, 9.17) is 9.40 Å². The van der Waals surface area contributed by atoms with Crippen molar-refractivity contribution >= 4 is 83.9 Å². The van der Waals surface area contributed by atoms with Gasteiger partial charge in [0.25, 0.3) is 0 Å². The minimum atomic E-state index is -0.251. The molecule has 0 saturated heterocycles. The van der Waals surface area contributed by atoms with Crippen LogP contribution in [0.25, 0.3) is 99.8 Å². The second kappa shape index (κ2) is 15.1. The summed E-state index contributed by atoms with van der Waals surface area (Å²) in [5.74, 6) is 0.915. The molecule has 3 aliphatic rings. The minimum absolute atomic E-state index is 0.0135. The van der Waals surface area contributed by atoms with Gasteiger partial charge in [0.05, 0.1) is 27.5 Å². The SMILES string of the molecule is CC(C)(C)c1ccc(N2B3c4cc5nc(-c6ccccc6)n(-c6ccccc6)c5cc4-n4c5ccc(C(C)(C)C)cc5c5c6oc7ccccc7c6c(c3c54)-c3cc4c(cc32)-c2ccc(C(C)(C)C)cc2C4(C)C)cc1. The number of hydrogen-bond acceptors (Lipinski definition) is 3. The second-order valence-corrected chi connectivity index (χ2v) is 25.6. The predicted octanol–water partition coefficient (Wildman–Crippen LogP) is 17.1. The summed E-state index contributed by atoms with van der Waals surface area (Å²) in [4.78, 5) is 8.37. The van der Waals surface area contributed by atoms with Gasteiger partial charge >= 0.3 is 6.85 Å². The molecule has 2 aliphatic heterocycles. The number of imidazole rings is 1. The summed E-state index contributed by atoms with van der Waals surface area (Å²) in [7, 11) is 0. The number of furan rings is 1. The number of anilines is 2. The Morgan fingerprint density at radius 3 is 1.87 bits per heavy atom. The number of rotatable bonds is 3. The third-order valence-corrected chi connectivity index (χ3v) is 17.5. The van der Waals surface area contributed by atoms with E-state index in [1.165, 1.54) is 93.9 Å². The van der Waals surface area contributed by atoms with Crippen LogP contribution >= 0.6 is 0 Å². The molecule has 0 radical (unpaired) electrons. The van der Waals surface area contributed by atoms with Gasteiger partial charge in [0.1, 0.15) is 17.0 Å². The number of benzene rings is 9. The molecule has 12 aromatic rings. The quantitative estimate of drug-likeness (QED) is 0.166. The summed E-state index contributed by atoms with van der Waals surface area (Å²) in [6.45, 7) is 25.5. The second-order valence-electron chi connectivity index (χ2n) is 25.6. The fourth-order valence-electron chi connectivity index (χ4n) is 13.5. The lowest BCUT2D eigenvalue weighted by Crippen LogP contribution is -2.60. The van der Waals surface area contributed by atoms with Gasteiger partial charge in [-0.1, -0.05) is 179 Å². The van der Waals surface area contributed by atoms with Crippen LogP contribution in [0.5, 0.6) is 0 Å². The molecule has 6 heteroatoms. The molecule has 1 aliphatic carbocycles. The number of para-hydroxylation sites is 2. The van der Waals surface area contributed by atoms with Crippen LogP contribution in [0.3, 0.4) is 0 Å². The fraction of sp³-hybridized carbons (Fsp3) is 0.214. The molecule has 76 heavy (non-hydrogen) atoms. The number of hydrogen-bond donors (Lipinski definition) is 0. The highest BCUT2D eigenvalue weighted by Gasteiger charge is 2.48. The van der Waals surface area contributed by atoms with Gasteiger partial charge in [-0.2, -0.15) is 0 Å². The zero-order valence-corrected chi connectivity index (χ0v) is 45.4. The van der Waals surface area contributed by atoms with Gasteiger partial charge in [-0.25, -0.2) is 4.98 Å². The molecule has 0 bridgehead atoms. The first-order chi connectivity index (χ1) is 36.4. The van der Waals surface area contributed by atoms with Crippen LogP contribution in [0.4, 0.5) is 11.4 Å². The molecular formula is C70H61BN4O. The Bertz CT molecular complexity index is 4470. The molecule has 0 N–H and O–H groups in total. The fourth-order valence-corrected chi connectivity index (χ4v) is 13.5. The highest BCUT2D eigenvalue weighted by Crippen LogP contribution is 2.57. The van der Waals surface area contributed by atoms with Crippen molar-refractivity contribution in [3.63, 3.8) is 0 Å². The largest absolute Gasteiger partial charge is 0.455 e. The number of aromatic nitrogens is 3. The summed E-state index contributed by atoms with van der Waals surface area (Å²) in [6.07, 6.45) is 0. The van der Waals surface area contributed by atoms with Gasteiger partial charge in [-0.05, 0) is 138 Å². The summed E-state index contributed by atoms with van der Waals surface area (Å²) < 4.78 is 12.4. The molecule has 370 valence electrons. The normalized spacial score (nSPS) is 14.6. The predicted molar refractivity (Wildman–Crippen MR) is 321 cm³/mol. The molecule has 0 fully saturated rings. The smallest absolute Gasteiger partial charge is 0.333 e. The molecule has 3 aromatic heterocycles. The standard InChI is InChI=1S/C70H61BN4O/c1-67(2,3)41-26-30-45(31-27-41)75-56-37-48-46-32-28-43(69(7,8)9)35-51(46)70(10,11)52(48)36-50(56)60-61-47-24-18-19-25-59(47)76-65(61)62-49-34-42(68(4,5)6)29-33-55(49)74-57-39-58-54(38-53(57)71(75)63(60)64(62)74)72-66(40-20-14-12-15-21-40)73(58)44-22-16-13-17-23-44/h12-39H,1-11H3. The van der Waals surface area contributed by atoms with Crippen molar-refractivity contribution in [2.45, 2.75) is 97.8 Å². The molecule has 5 nitrogen and oxygen atoms in total. The van der Waals surface area contributed by atoms with Crippen molar-refractivity contribution in [3.05, 3.63) is 198 Å². The van der Waals surface area contributed by atoms with Crippen LogP contribution in [-0.2, 0) is 21.7 Å². The van der Waals surface area contributed by atoms with Crippen molar-refractivity contribution < 1.29 is 4.42 Å². The van der Waals surface area contributed by atoms with E-state index in [0.717, 1.165) is 56.0 Å². The van der Waals surface area contributed by atoms with Crippen LogP contribution in [-0.4, -0.2) is 21.0 Å². The lowest BCUT2D eigenvalue weighted by molar-refractivity contribution is 0.584. The number of nitrogens with zero attached hydrogens (tertiary/aromatic N) is 4.